The van der Waals surface area contributed by atoms with Crippen LogP contribution in [0.3, 0.4) is 0 Å². The van der Waals surface area contributed by atoms with Gasteiger partial charge in [0.25, 0.3) is 5.91 Å². The summed E-state index contributed by atoms with van der Waals surface area (Å²) in [5, 5.41) is 4.78. The molecule has 0 aliphatic carbocycles. The maximum Gasteiger partial charge on any atom is 0.408 e. The molecule has 11 nitrogen and oxygen atoms in total. The number of amides is 3. The van der Waals surface area contributed by atoms with Crippen LogP contribution in [0.4, 0.5) is 10.5 Å². The fourth-order valence-corrected chi connectivity index (χ4v) is 6.37. The van der Waals surface area contributed by atoms with Crippen molar-refractivity contribution in [3.05, 3.63) is 95.5 Å². The van der Waals surface area contributed by atoms with E-state index in [0.29, 0.717) is 23.4 Å². The maximum atomic E-state index is 14.1. The van der Waals surface area contributed by atoms with Crippen molar-refractivity contribution in [2.24, 2.45) is 7.05 Å². The second-order valence-corrected chi connectivity index (χ2v) is 12.3. The number of nitrogens with zero attached hydrogens (tertiary/aromatic N) is 3. The molecule has 2 atom stereocenters. The summed E-state index contributed by atoms with van der Waals surface area (Å²) in [6.07, 6.45) is 2.65. The number of carbonyl (C=O) groups excluding carboxylic acids is 4. The number of nitrogens with one attached hydrogen (secondary N) is 2. The summed E-state index contributed by atoms with van der Waals surface area (Å²) in [4.78, 5) is 52.6. The zero-order valence-corrected chi connectivity index (χ0v) is 25.2. The summed E-state index contributed by atoms with van der Waals surface area (Å²) in [6.45, 7) is 5.49. The van der Waals surface area contributed by atoms with Crippen LogP contribution in [0.5, 0.6) is 0 Å². The highest BCUT2D eigenvalue weighted by Gasteiger charge is 2.55. The Bertz CT molecular complexity index is 1510. The Hall–Kier alpha value is -4.58. The van der Waals surface area contributed by atoms with Crippen LogP contribution in [0.2, 0.25) is 0 Å². The number of hydrogen-bond acceptors (Lipinski definition) is 7. The molecule has 0 unspecified atom stereocenters. The van der Waals surface area contributed by atoms with Gasteiger partial charge in [-0.3, -0.25) is 14.5 Å². The minimum absolute atomic E-state index is 0.145. The predicted molar refractivity (Wildman–Crippen MR) is 159 cm³/mol. The number of benzene rings is 2. The number of hydrogen-bond donors (Lipinski definition) is 2. The van der Waals surface area contributed by atoms with Crippen LogP contribution < -0.4 is 15.3 Å². The third-order valence-electron chi connectivity index (χ3n) is 6.94. The van der Waals surface area contributed by atoms with E-state index in [-0.39, 0.29) is 12.2 Å². The van der Waals surface area contributed by atoms with E-state index in [2.05, 4.69) is 10.6 Å². The molecule has 3 amide bonds. The third-order valence-corrected chi connectivity index (χ3v) is 8.28. The Morgan fingerprint density at radius 2 is 1.72 bits per heavy atom. The lowest BCUT2D eigenvalue weighted by atomic mass is 10.0. The minimum atomic E-state index is -0.852. The van der Waals surface area contributed by atoms with E-state index in [0.717, 1.165) is 11.1 Å². The van der Waals surface area contributed by atoms with Crippen LogP contribution in [-0.2, 0) is 37.4 Å². The average molecular weight is 605 g/mol. The van der Waals surface area contributed by atoms with E-state index < -0.39 is 41.1 Å². The van der Waals surface area contributed by atoms with Gasteiger partial charge in [-0.1, -0.05) is 60.7 Å². The van der Waals surface area contributed by atoms with Crippen molar-refractivity contribution in [1.82, 2.24) is 14.9 Å². The molecule has 0 saturated carbocycles. The monoisotopic (exact) mass is 604 g/mol. The van der Waals surface area contributed by atoms with Crippen molar-refractivity contribution in [3.8, 4) is 0 Å². The molecule has 2 aliphatic heterocycles. The first-order chi connectivity index (χ1) is 20.6. The number of fused-ring (bicyclic) bond motifs is 1. The van der Waals surface area contributed by atoms with Gasteiger partial charge in [-0.2, -0.15) is 4.68 Å². The molecule has 0 radical (unpaired) electrons. The van der Waals surface area contributed by atoms with Crippen molar-refractivity contribution in [1.29, 1.82) is 0 Å². The molecular weight excluding hydrogens is 570 g/mol. The molecule has 1 aromatic heterocycles. The summed E-state index contributed by atoms with van der Waals surface area (Å²) in [5.74, 6) is -0.673. The smallest absolute Gasteiger partial charge is 0.408 e. The molecule has 5 rings (SSSR count). The lowest BCUT2D eigenvalue weighted by molar-refractivity contribution is -0.752. The van der Waals surface area contributed by atoms with Crippen LogP contribution in [-0.4, -0.2) is 56.7 Å². The summed E-state index contributed by atoms with van der Waals surface area (Å²) in [5.41, 5.74) is 2.23. The summed E-state index contributed by atoms with van der Waals surface area (Å²) < 4.78 is 15.2. The van der Waals surface area contributed by atoms with Crippen LogP contribution in [0.1, 0.15) is 38.0 Å². The molecule has 1 saturated heterocycles. The Morgan fingerprint density at radius 1 is 1.09 bits per heavy atom. The standard InChI is InChI=1S/C31H33N5O6S/c1-31(2,3)42-30(40)33-24-27(38)36-25(22(18-43-28(24)36)15-35-17-23(32-19-37)16-34(35)4)29(39)41-26(20-11-7-5-8-12-20)21-13-9-6-10-14-21/h5-14,16-17,19,24,26,28H,15,18H2,1-4H3,(H-,32,33,37,40)/p+1/t24-,28-/m1/s1. The first-order valence-corrected chi connectivity index (χ1v) is 14.8. The second kappa shape index (κ2) is 12.3. The van der Waals surface area contributed by atoms with Crippen molar-refractivity contribution in [2.45, 2.75) is 50.4 Å². The molecule has 0 spiro atoms. The Labute approximate surface area is 253 Å². The van der Waals surface area contributed by atoms with Crippen LogP contribution in [0.25, 0.3) is 0 Å². The lowest BCUT2D eigenvalue weighted by Gasteiger charge is -2.49. The van der Waals surface area contributed by atoms with Gasteiger partial charge in [-0.05, 0) is 37.5 Å². The zero-order chi connectivity index (χ0) is 30.7. The van der Waals surface area contributed by atoms with Crippen molar-refractivity contribution >= 4 is 41.8 Å². The highest BCUT2D eigenvalue weighted by atomic mass is 32.2. The minimum Gasteiger partial charge on any atom is -0.448 e. The first-order valence-electron chi connectivity index (χ1n) is 13.8. The fourth-order valence-electron chi connectivity index (χ4n) is 5.03. The normalized spacial score (nSPS) is 18.1. The number of aryl methyl sites for hydroxylation is 1. The fraction of sp³-hybridized carbons (Fsp3) is 0.323. The number of rotatable bonds is 9. The van der Waals surface area contributed by atoms with Gasteiger partial charge in [-0.15, -0.1) is 16.4 Å². The number of alkyl carbamates (subject to hydrolysis) is 1. The van der Waals surface area contributed by atoms with E-state index in [1.165, 1.54) is 16.7 Å². The van der Waals surface area contributed by atoms with Crippen molar-refractivity contribution in [3.63, 3.8) is 0 Å². The molecule has 43 heavy (non-hydrogen) atoms. The SMILES string of the molecule is C[n+]1cc(NC=O)cn1CC1=C(C(=O)OC(c2ccccc2)c2ccccc2)N2C(=O)[C@@H](NC(=O)OC(C)(C)C)[C@H]2SC1. The summed E-state index contributed by atoms with van der Waals surface area (Å²) >= 11 is 1.44. The quantitative estimate of drug-likeness (QED) is 0.166. The van der Waals surface area contributed by atoms with Crippen LogP contribution in [0.15, 0.2) is 84.3 Å². The van der Waals surface area contributed by atoms with Gasteiger partial charge in [0, 0.05) is 5.75 Å². The van der Waals surface area contributed by atoms with Gasteiger partial charge >= 0.3 is 12.1 Å². The zero-order valence-electron chi connectivity index (χ0n) is 24.4. The van der Waals surface area contributed by atoms with E-state index in [1.807, 2.05) is 72.4 Å². The first kappa shape index (κ1) is 29.9. The lowest BCUT2D eigenvalue weighted by Crippen LogP contribution is -2.71. The molecule has 224 valence electrons. The predicted octanol–water partition coefficient (Wildman–Crippen LogP) is 3.28. The molecule has 12 heteroatoms. The number of β-lactam (4-membered cyclic amide) rings is 1. The topological polar surface area (TPSA) is 123 Å². The molecule has 3 aromatic rings. The van der Waals surface area contributed by atoms with Gasteiger partial charge in [0.15, 0.2) is 13.2 Å². The molecule has 2 aliphatic rings. The number of ether oxygens (including phenoxy) is 2. The van der Waals surface area contributed by atoms with Crippen molar-refractivity contribution in [2.75, 3.05) is 11.1 Å². The molecule has 0 bridgehead atoms. The number of esters is 1. The number of carbonyl (C=O) groups is 4. The number of thioether (sulfide) groups is 1. The Morgan fingerprint density at radius 3 is 2.30 bits per heavy atom. The van der Waals surface area contributed by atoms with Crippen LogP contribution in [0, 0.1) is 0 Å². The third kappa shape index (κ3) is 6.59. The number of anilines is 1. The van der Waals surface area contributed by atoms with Gasteiger partial charge in [0.2, 0.25) is 12.6 Å². The highest BCUT2D eigenvalue weighted by Crippen LogP contribution is 2.42. The van der Waals surface area contributed by atoms with E-state index >= 15 is 0 Å². The Balaban J connectivity index is 1.48. The van der Waals surface area contributed by atoms with E-state index in [1.54, 1.807) is 37.8 Å². The number of aromatic nitrogens is 2. The molecular formula is C31H34N5O6S+. The van der Waals surface area contributed by atoms with Gasteiger partial charge < -0.3 is 20.1 Å². The average Bonchev–Trinajstić information content (AvgIpc) is 3.32. The molecule has 2 aromatic carbocycles. The molecule has 2 N–H and O–H groups in total. The second-order valence-electron chi connectivity index (χ2n) is 11.2. The van der Waals surface area contributed by atoms with E-state index in [9.17, 15) is 19.2 Å². The maximum absolute atomic E-state index is 14.1. The van der Waals surface area contributed by atoms with Crippen molar-refractivity contribution < 1.29 is 33.3 Å². The highest BCUT2D eigenvalue weighted by molar-refractivity contribution is 8.00. The van der Waals surface area contributed by atoms with E-state index in [4.69, 9.17) is 9.47 Å². The Kier molecular flexibility index (Phi) is 8.58. The molecule has 1 fully saturated rings. The largest absolute Gasteiger partial charge is 0.448 e. The van der Waals surface area contributed by atoms with Gasteiger partial charge in [-0.25, -0.2) is 9.59 Å². The van der Waals surface area contributed by atoms with Crippen LogP contribution >= 0.6 is 11.8 Å². The van der Waals surface area contributed by atoms with Gasteiger partial charge in [0.1, 0.15) is 34.9 Å². The molecule has 3 heterocycles. The summed E-state index contributed by atoms with van der Waals surface area (Å²) in [6, 6.07) is 18.0. The summed E-state index contributed by atoms with van der Waals surface area (Å²) in [7, 11) is 1.81. The van der Waals surface area contributed by atoms with Gasteiger partial charge in [0.05, 0.1) is 6.20 Å².